The average molecular weight is 461 g/mol. The van der Waals surface area contributed by atoms with Crippen LogP contribution in [0, 0.1) is 23.7 Å². The van der Waals surface area contributed by atoms with Crippen LogP contribution in [0.3, 0.4) is 0 Å². The summed E-state index contributed by atoms with van der Waals surface area (Å²) >= 11 is 0. The Labute approximate surface area is 194 Å². The molecule has 0 aromatic rings. The van der Waals surface area contributed by atoms with Crippen LogP contribution in [-0.2, 0) is 38.1 Å². The van der Waals surface area contributed by atoms with Crippen molar-refractivity contribution in [1.82, 2.24) is 0 Å². The topological polar surface area (TPSA) is 105 Å². The number of ether oxygens (including phenoxy) is 4. The fourth-order valence-electron chi connectivity index (χ4n) is 3.79. The maximum absolute atomic E-state index is 12.5. The molecule has 0 saturated heterocycles. The van der Waals surface area contributed by atoms with Crippen LogP contribution >= 0.6 is 0 Å². The maximum Gasteiger partial charge on any atom is 0.310 e. The second kappa shape index (κ2) is 14.1. The minimum atomic E-state index is -0.605. The van der Waals surface area contributed by atoms with Crippen LogP contribution in [0.1, 0.15) is 32.1 Å². The second-order valence-electron chi connectivity index (χ2n) is 7.84. The summed E-state index contributed by atoms with van der Waals surface area (Å²) in [5, 5.41) is 0. The molecule has 0 aromatic carbocycles. The molecule has 8 nitrogen and oxygen atoms in total. The van der Waals surface area contributed by atoms with Gasteiger partial charge in [0.25, 0.3) is 0 Å². The summed E-state index contributed by atoms with van der Waals surface area (Å²) in [5.41, 5.74) is 0. The summed E-state index contributed by atoms with van der Waals surface area (Å²) in [6.45, 7) is 7.31. The van der Waals surface area contributed by atoms with Crippen LogP contribution in [0.4, 0.5) is 0 Å². The number of hydrogen-bond donors (Lipinski definition) is 0. The van der Waals surface area contributed by atoms with E-state index in [9.17, 15) is 19.2 Å². The molecule has 33 heavy (non-hydrogen) atoms. The number of rotatable bonds is 12. The third kappa shape index (κ3) is 8.04. The van der Waals surface area contributed by atoms with Gasteiger partial charge in [-0.1, -0.05) is 49.6 Å². The van der Waals surface area contributed by atoms with Gasteiger partial charge in [-0.05, 0) is 25.7 Å². The lowest BCUT2D eigenvalue weighted by atomic mass is 9.83. The summed E-state index contributed by atoms with van der Waals surface area (Å²) < 4.78 is 20.8. The van der Waals surface area contributed by atoms with Gasteiger partial charge in [0, 0.05) is 6.42 Å². The summed E-state index contributed by atoms with van der Waals surface area (Å²) in [7, 11) is 0. The summed E-state index contributed by atoms with van der Waals surface area (Å²) in [6.07, 6.45) is 12.3. The molecular formula is C25H32O8. The standard InChI is InChI=1S/C25H32O8/c1-3-14-30-22(26)18-10-5-7-12-20(18)24(28)32-16-9-17-33-25(29)21-13-8-6-11-19(21)23(27)31-15-4-2/h3-8,18-21H,1-2,9-17H2/t18-,19-,20+,21+/m0/s1. The van der Waals surface area contributed by atoms with Gasteiger partial charge in [-0.3, -0.25) is 19.2 Å². The molecule has 0 heterocycles. The Kier molecular flexibility index (Phi) is 11.1. The Morgan fingerprint density at radius 3 is 1.21 bits per heavy atom. The summed E-state index contributed by atoms with van der Waals surface area (Å²) in [6, 6.07) is 0. The van der Waals surface area contributed by atoms with Crippen LogP contribution in [-0.4, -0.2) is 50.3 Å². The Morgan fingerprint density at radius 1 is 0.606 bits per heavy atom. The highest BCUT2D eigenvalue weighted by Gasteiger charge is 2.37. The van der Waals surface area contributed by atoms with Gasteiger partial charge in [0.1, 0.15) is 13.2 Å². The molecule has 0 spiro atoms. The Hall–Kier alpha value is -3.16. The molecule has 2 aliphatic carbocycles. The highest BCUT2D eigenvalue weighted by Crippen LogP contribution is 2.29. The molecular weight excluding hydrogens is 428 g/mol. The molecule has 0 radical (unpaired) electrons. The third-order valence-corrected chi connectivity index (χ3v) is 5.54. The van der Waals surface area contributed by atoms with Gasteiger partial charge in [-0.25, -0.2) is 0 Å². The van der Waals surface area contributed by atoms with E-state index in [4.69, 9.17) is 18.9 Å². The molecule has 2 rings (SSSR count). The van der Waals surface area contributed by atoms with E-state index in [1.807, 2.05) is 24.3 Å². The zero-order valence-electron chi connectivity index (χ0n) is 18.8. The number of carbonyl (C=O) groups is 4. The largest absolute Gasteiger partial charge is 0.465 e. The molecule has 0 N–H and O–H groups in total. The van der Waals surface area contributed by atoms with Gasteiger partial charge in [-0.15, -0.1) is 0 Å². The van der Waals surface area contributed by atoms with Gasteiger partial charge in [0.15, 0.2) is 0 Å². The zero-order valence-corrected chi connectivity index (χ0v) is 18.8. The Balaban J connectivity index is 1.75. The van der Waals surface area contributed by atoms with Crippen LogP contribution in [0.5, 0.6) is 0 Å². The molecule has 0 fully saturated rings. The van der Waals surface area contributed by atoms with E-state index in [1.165, 1.54) is 12.2 Å². The predicted octanol–water partition coefficient (Wildman–Crippen LogP) is 3.09. The predicted molar refractivity (Wildman–Crippen MR) is 120 cm³/mol. The molecule has 0 amide bonds. The minimum absolute atomic E-state index is 0.0517. The fourth-order valence-corrected chi connectivity index (χ4v) is 3.79. The quantitative estimate of drug-likeness (QED) is 0.189. The highest BCUT2D eigenvalue weighted by atomic mass is 16.6. The van der Waals surface area contributed by atoms with Gasteiger partial charge < -0.3 is 18.9 Å². The van der Waals surface area contributed by atoms with Crippen LogP contribution in [0.15, 0.2) is 49.6 Å². The van der Waals surface area contributed by atoms with Crippen molar-refractivity contribution >= 4 is 23.9 Å². The van der Waals surface area contributed by atoms with Gasteiger partial charge in [0.05, 0.1) is 36.9 Å². The first-order valence-corrected chi connectivity index (χ1v) is 11.2. The van der Waals surface area contributed by atoms with Crippen molar-refractivity contribution in [3.63, 3.8) is 0 Å². The van der Waals surface area contributed by atoms with Crippen LogP contribution in [0.2, 0.25) is 0 Å². The molecule has 2 aliphatic rings. The van der Waals surface area contributed by atoms with Gasteiger partial charge >= 0.3 is 23.9 Å². The van der Waals surface area contributed by atoms with E-state index in [0.717, 1.165) is 0 Å². The molecule has 4 atom stereocenters. The van der Waals surface area contributed by atoms with E-state index in [1.54, 1.807) is 0 Å². The maximum atomic E-state index is 12.5. The lowest BCUT2D eigenvalue weighted by molar-refractivity contribution is -0.162. The van der Waals surface area contributed by atoms with Crippen molar-refractivity contribution in [1.29, 1.82) is 0 Å². The lowest BCUT2D eigenvalue weighted by Gasteiger charge is -2.25. The first-order chi connectivity index (χ1) is 16.0. The molecule has 0 unspecified atom stereocenters. The first kappa shape index (κ1) is 26.1. The Bertz CT molecular complexity index is 717. The van der Waals surface area contributed by atoms with E-state index >= 15 is 0 Å². The SMILES string of the molecule is C=CCOC(=O)[C@H]1CC=CC[C@H]1C(=O)OCCCOC(=O)[C@@H]1CC=CC[C@@H]1C(=O)OCC=C. The van der Waals surface area contributed by atoms with E-state index in [2.05, 4.69) is 13.2 Å². The van der Waals surface area contributed by atoms with Gasteiger partial charge in [0.2, 0.25) is 0 Å². The van der Waals surface area contributed by atoms with Crippen molar-refractivity contribution < 1.29 is 38.1 Å². The molecule has 0 bridgehead atoms. The van der Waals surface area contributed by atoms with E-state index < -0.39 is 47.5 Å². The zero-order chi connectivity index (χ0) is 24.1. The number of allylic oxidation sites excluding steroid dienone is 4. The van der Waals surface area contributed by atoms with Crippen molar-refractivity contribution in [2.45, 2.75) is 32.1 Å². The van der Waals surface area contributed by atoms with Crippen LogP contribution in [0.25, 0.3) is 0 Å². The summed E-state index contributed by atoms with van der Waals surface area (Å²) in [4.78, 5) is 49.3. The number of esters is 4. The molecule has 0 aliphatic heterocycles. The first-order valence-electron chi connectivity index (χ1n) is 11.2. The van der Waals surface area contributed by atoms with Gasteiger partial charge in [-0.2, -0.15) is 0 Å². The van der Waals surface area contributed by atoms with Crippen LogP contribution < -0.4 is 0 Å². The van der Waals surface area contributed by atoms with Crippen molar-refractivity contribution in [3.8, 4) is 0 Å². The van der Waals surface area contributed by atoms with Crippen molar-refractivity contribution in [2.75, 3.05) is 26.4 Å². The minimum Gasteiger partial charge on any atom is -0.465 e. The second-order valence-corrected chi connectivity index (χ2v) is 7.84. The number of carbonyl (C=O) groups excluding carboxylic acids is 4. The average Bonchev–Trinajstić information content (AvgIpc) is 2.85. The van der Waals surface area contributed by atoms with Crippen molar-refractivity contribution in [3.05, 3.63) is 49.6 Å². The van der Waals surface area contributed by atoms with E-state index in [-0.39, 0.29) is 26.4 Å². The normalized spacial score (nSPS) is 23.8. The Morgan fingerprint density at radius 2 is 0.909 bits per heavy atom. The van der Waals surface area contributed by atoms with Crippen molar-refractivity contribution in [2.24, 2.45) is 23.7 Å². The highest BCUT2D eigenvalue weighted by molar-refractivity contribution is 5.83. The fraction of sp³-hybridized carbons (Fsp3) is 0.520. The molecule has 0 aromatic heterocycles. The molecule has 8 heteroatoms. The molecule has 180 valence electrons. The monoisotopic (exact) mass is 460 g/mol. The van der Waals surface area contributed by atoms with E-state index in [0.29, 0.717) is 32.1 Å². The third-order valence-electron chi connectivity index (χ3n) is 5.54. The molecule has 0 saturated carbocycles. The number of hydrogen-bond acceptors (Lipinski definition) is 8. The smallest absolute Gasteiger partial charge is 0.310 e. The summed E-state index contributed by atoms with van der Waals surface area (Å²) in [5.74, 6) is -4.23. The lowest BCUT2D eigenvalue weighted by Crippen LogP contribution is -2.34.